The lowest BCUT2D eigenvalue weighted by atomic mass is 9.96. The molecule has 0 aliphatic heterocycles. The fraction of sp³-hybridized carbons (Fsp3) is 0.680. The molecule has 0 aliphatic rings. The van der Waals surface area contributed by atoms with Gasteiger partial charge >= 0.3 is 11.9 Å². The molecular formula is C25H41NO4. The zero-order chi connectivity index (χ0) is 22.0. The summed E-state index contributed by atoms with van der Waals surface area (Å²) in [6, 6.07) is 5.36. The number of hydrogen-bond donors (Lipinski definition) is 1. The Balaban J connectivity index is 2.72. The highest BCUT2D eigenvalue weighted by Crippen LogP contribution is 2.21. The summed E-state index contributed by atoms with van der Waals surface area (Å²) < 4.78 is 5.54. The molecule has 0 heterocycles. The number of hydrogen-bond acceptors (Lipinski definition) is 5. The van der Waals surface area contributed by atoms with Crippen molar-refractivity contribution in [2.45, 2.75) is 97.3 Å². The smallest absolute Gasteiger partial charge is 0.357 e. The molecule has 0 radical (unpaired) electrons. The quantitative estimate of drug-likeness (QED) is 0.180. The van der Waals surface area contributed by atoms with E-state index in [9.17, 15) is 9.59 Å². The second-order valence-electron chi connectivity index (χ2n) is 7.85. The van der Waals surface area contributed by atoms with Gasteiger partial charge in [-0.15, -0.1) is 0 Å². The Hall–Kier alpha value is -1.88. The van der Waals surface area contributed by atoms with Gasteiger partial charge in [0.25, 0.3) is 0 Å². The monoisotopic (exact) mass is 419 g/mol. The van der Waals surface area contributed by atoms with Gasteiger partial charge in [0, 0.05) is 7.05 Å². The van der Waals surface area contributed by atoms with Crippen LogP contribution in [0.4, 0.5) is 0 Å². The fourth-order valence-electron chi connectivity index (χ4n) is 3.58. The maximum Gasteiger partial charge on any atom is 0.357 e. The minimum absolute atomic E-state index is 0.265. The molecule has 0 saturated carbocycles. The van der Waals surface area contributed by atoms with Gasteiger partial charge in [-0.05, 0) is 30.9 Å². The third kappa shape index (κ3) is 10.2. The maximum absolute atomic E-state index is 12.9. The van der Waals surface area contributed by atoms with Crippen LogP contribution in [0.25, 0.3) is 0 Å². The van der Waals surface area contributed by atoms with E-state index < -0.39 is 11.9 Å². The van der Waals surface area contributed by atoms with E-state index >= 15 is 0 Å². The van der Waals surface area contributed by atoms with Gasteiger partial charge in [-0.1, -0.05) is 90.2 Å². The van der Waals surface area contributed by atoms with Gasteiger partial charge in [0.05, 0.1) is 17.7 Å². The van der Waals surface area contributed by atoms with Gasteiger partial charge in [0.15, 0.2) is 0 Å². The van der Waals surface area contributed by atoms with Crippen molar-refractivity contribution in [3.8, 4) is 0 Å². The number of hydroxylamine groups is 1. The van der Waals surface area contributed by atoms with Crippen LogP contribution in [0.1, 0.15) is 117 Å². The molecule has 30 heavy (non-hydrogen) atoms. The van der Waals surface area contributed by atoms with Gasteiger partial charge in [-0.3, -0.25) is 0 Å². The fourth-order valence-corrected chi connectivity index (χ4v) is 3.58. The molecule has 5 nitrogen and oxygen atoms in total. The minimum Gasteiger partial charge on any atom is -0.462 e. The highest BCUT2D eigenvalue weighted by Gasteiger charge is 2.23. The van der Waals surface area contributed by atoms with Crippen molar-refractivity contribution in [2.75, 3.05) is 13.7 Å². The molecule has 1 aromatic rings. The van der Waals surface area contributed by atoms with Gasteiger partial charge < -0.3 is 9.57 Å². The summed E-state index contributed by atoms with van der Waals surface area (Å²) in [7, 11) is 1.52. The Morgan fingerprint density at radius 2 is 1.40 bits per heavy atom. The molecule has 0 aromatic heterocycles. The number of unbranched alkanes of at least 4 members (excludes halogenated alkanes) is 10. The molecule has 5 heteroatoms. The molecule has 0 fully saturated rings. The van der Waals surface area contributed by atoms with Crippen molar-refractivity contribution in [3.05, 3.63) is 34.9 Å². The molecule has 0 unspecified atom stereocenters. The molecular weight excluding hydrogens is 378 g/mol. The van der Waals surface area contributed by atoms with E-state index in [0.717, 1.165) is 37.7 Å². The van der Waals surface area contributed by atoms with E-state index in [0.29, 0.717) is 12.2 Å². The number of aryl methyl sites for hydroxylation is 1. The number of benzene rings is 1. The summed E-state index contributed by atoms with van der Waals surface area (Å²) in [6.45, 7) is 4.79. The first-order chi connectivity index (χ1) is 14.7. The van der Waals surface area contributed by atoms with Crippen molar-refractivity contribution in [1.29, 1.82) is 0 Å². The SMILES string of the molecule is CCCCCCCCOC(=O)c1c(CCCCCCCC)cccc1C(=O)ONC. The van der Waals surface area contributed by atoms with Crippen molar-refractivity contribution in [2.24, 2.45) is 0 Å². The Morgan fingerprint density at radius 3 is 2.03 bits per heavy atom. The van der Waals surface area contributed by atoms with Crippen LogP contribution in [0.5, 0.6) is 0 Å². The molecule has 0 bridgehead atoms. The van der Waals surface area contributed by atoms with E-state index in [-0.39, 0.29) is 5.56 Å². The molecule has 0 aliphatic carbocycles. The summed E-state index contributed by atoms with van der Waals surface area (Å²) in [4.78, 5) is 30.1. The van der Waals surface area contributed by atoms with Crippen molar-refractivity contribution in [1.82, 2.24) is 5.48 Å². The van der Waals surface area contributed by atoms with Crippen molar-refractivity contribution < 1.29 is 19.2 Å². The maximum atomic E-state index is 12.9. The molecule has 1 N–H and O–H groups in total. The van der Waals surface area contributed by atoms with Crippen molar-refractivity contribution >= 4 is 11.9 Å². The molecule has 0 atom stereocenters. The van der Waals surface area contributed by atoms with E-state index in [1.54, 1.807) is 6.07 Å². The molecule has 170 valence electrons. The van der Waals surface area contributed by atoms with Crippen LogP contribution in [-0.2, 0) is 16.0 Å². The minimum atomic E-state index is -0.561. The topological polar surface area (TPSA) is 64.6 Å². The van der Waals surface area contributed by atoms with Gasteiger partial charge in [0.2, 0.25) is 0 Å². The van der Waals surface area contributed by atoms with Crippen LogP contribution in [-0.4, -0.2) is 25.6 Å². The van der Waals surface area contributed by atoms with E-state index in [2.05, 4.69) is 19.3 Å². The summed E-state index contributed by atoms with van der Waals surface area (Å²) in [6.07, 6.45) is 14.6. The third-order valence-corrected chi connectivity index (χ3v) is 5.30. The Bertz CT molecular complexity index is 615. The molecule has 0 spiro atoms. The lowest BCUT2D eigenvalue weighted by molar-refractivity contribution is 0.0298. The number of nitrogens with one attached hydrogen (secondary N) is 1. The normalized spacial score (nSPS) is 10.8. The summed E-state index contributed by atoms with van der Waals surface area (Å²) >= 11 is 0. The predicted molar refractivity (Wildman–Crippen MR) is 122 cm³/mol. The standard InChI is InChI=1S/C25H41NO4/c1-4-6-8-10-12-14-17-21-18-16-19-22(24(27)30-26-3)23(21)25(28)29-20-15-13-11-9-7-5-2/h16,18-19,26H,4-15,17,20H2,1-3H3. The Labute approximate surface area is 182 Å². The zero-order valence-electron chi connectivity index (χ0n) is 19.3. The van der Waals surface area contributed by atoms with Crippen LogP contribution in [0.3, 0.4) is 0 Å². The summed E-state index contributed by atoms with van der Waals surface area (Å²) in [5.41, 5.74) is 3.89. The largest absolute Gasteiger partial charge is 0.462 e. The summed E-state index contributed by atoms with van der Waals surface area (Å²) in [5, 5.41) is 0. The van der Waals surface area contributed by atoms with E-state index in [1.807, 2.05) is 12.1 Å². The zero-order valence-corrected chi connectivity index (χ0v) is 19.3. The number of ether oxygens (including phenoxy) is 1. The number of esters is 1. The van der Waals surface area contributed by atoms with Crippen LogP contribution < -0.4 is 5.48 Å². The van der Waals surface area contributed by atoms with Crippen LogP contribution in [0.2, 0.25) is 0 Å². The van der Waals surface area contributed by atoms with E-state index in [1.165, 1.54) is 58.4 Å². The molecule has 1 rings (SSSR count). The predicted octanol–water partition coefficient (Wildman–Crippen LogP) is 6.40. The molecule has 1 aromatic carbocycles. The summed E-state index contributed by atoms with van der Waals surface area (Å²) in [5.74, 6) is -0.984. The van der Waals surface area contributed by atoms with Gasteiger partial charge in [0.1, 0.15) is 0 Å². The second-order valence-corrected chi connectivity index (χ2v) is 7.85. The highest BCUT2D eigenvalue weighted by atomic mass is 16.7. The van der Waals surface area contributed by atoms with Gasteiger partial charge in [-0.2, -0.15) is 5.48 Å². The average Bonchev–Trinajstić information content (AvgIpc) is 2.75. The Kier molecular flexibility index (Phi) is 14.7. The number of rotatable bonds is 17. The number of carbonyl (C=O) groups is 2. The molecule has 0 amide bonds. The Morgan fingerprint density at radius 1 is 0.800 bits per heavy atom. The second kappa shape index (κ2) is 16.9. The van der Waals surface area contributed by atoms with E-state index in [4.69, 9.17) is 9.57 Å². The first-order valence-corrected chi connectivity index (χ1v) is 11.8. The first kappa shape index (κ1) is 26.2. The van der Waals surface area contributed by atoms with Crippen LogP contribution >= 0.6 is 0 Å². The highest BCUT2D eigenvalue weighted by molar-refractivity contribution is 6.04. The number of carbonyl (C=O) groups excluding carboxylic acids is 2. The lowest BCUT2D eigenvalue weighted by Gasteiger charge is -2.14. The van der Waals surface area contributed by atoms with Crippen molar-refractivity contribution in [3.63, 3.8) is 0 Å². The van der Waals surface area contributed by atoms with Gasteiger partial charge in [-0.25, -0.2) is 9.59 Å². The lowest BCUT2D eigenvalue weighted by Crippen LogP contribution is -2.20. The van der Waals surface area contributed by atoms with Crippen LogP contribution in [0, 0.1) is 0 Å². The first-order valence-electron chi connectivity index (χ1n) is 11.8. The average molecular weight is 420 g/mol. The third-order valence-electron chi connectivity index (χ3n) is 5.30. The molecule has 0 saturated heterocycles. The van der Waals surface area contributed by atoms with Crippen LogP contribution in [0.15, 0.2) is 18.2 Å².